The van der Waals surface area contributed by atoms with Crippen molar-refractivity contribution >= 4 is 34.8 Å². The summed E-state index contributed by atoms with van der Waals surface area (Å²) >= 11 is 5.90. The number of carbonyl (C=O) groups is 2. The number of anilines is 1. The van der Waals surface area contributed by atoms with E-state index in [1.165, 1.54) is 24.1 Å². The molecule has 0 spiro atoms. The highest BCUT2D eigenvalue weighted by molar-refractivity contribution is 6.32. The predicted octanol–water partition coefficient (Wildman–Crippen LogP) is 3.03. The molecule has 2 rings (SSSR count). The van der Waals surface area contributed by atoms with E-state index in [9.17, 15) is 19.7 Å². The molecule has 0 aliphatic rings. The van der Waals surface area contributed by atoms with Crippen molar-refractivity contribution in [1.29, 1.82) is 0 Å². The van der Waals surface area contributed by atoms with E-state index in [0.717, 1.165) is 11.6 Å². The number of halogens is 1. The minimum atomic E-state index is -0.582. The van der Waals surface area contributed by atoms with E-state index < -0.39 is 10.8 Å². The molecule has 0 unspecified atom stereocenters. The SMILES string of the molecule is Cc1ccc(NC(=O)CN(C)C(=O)COc2ccc([N+](=O)[O-])cc2Cl)cc1. The number of hydrogen-bond donors (Lipinski definition) is 1. The summed E-state index contributed by atoms with van der Waals surface area (Å²) in [6, 6.07) is 11.0. The largest absolute Gasteiger partial charge is 0.482 e. The third kappa shape index (κ3) is 5.96. The second-order valence-electron chi connectivity index (χ2n) is 5.82. The number of nitrogens with one attached hydrogen (secondary N) is 1. The van der Waals surface area contributed by atoms with Gasteiger partial charge in [-0.1, -0.05) is 29.3 Å². The molecule has 0 saturated heterocycles. The van der Waals surface area contributed by atoms with E-state index in [1.807, 2.05) is 19.1 Å². The van der Waals surface area contributed by atoms with Gasteiger partial charge in [0.1, 0.15) is 5.75 Å². The summed E-state index contributed by atoms with van der Waals surface area (Å²) in [4.78, 5) is 35.4. The summed E-state index contributed by atoms with van der Waals surface area (Å²) in [5.41, 5.74) is 1.53. The number of aryl methyl sites for hydroxylation is 1. The van der Waals surface area contributed by atoms with Crippen LogP contribution < -0.4 is 10.1 Å². The number of nitro benzene ring substituents is 1. The van der Waals surface area contributed by atoms with Gasteiger partial charge >= 0.3 is 0 Å². The first-order chi connectivity index (χ1) is 12.8. The molecule has 1 N–H and O–H groups in total. The van der Waals surface area contributed by atoms with Gasteiger partial charge < -0.3 is 15.0 Å². The molecule has 2 aromatic carbocycles. The van der Waals surface area contributed by atoms with E-state index in [4.69, 9.17) is 16.3 Å². The molecule has 142 valence electrons. The quantitative estimate of drug-likeness (QED) is 0.577. The number of benzene rings is 2. The fourth-order valence-electron chi connectivity index (χ4n) is 2.11. The number of non-ortho nitro benzene ring substituents is 1. The third-order valence-corrected chi connectivity index (χ3v) is 3.91. The second kappa shape index (κ2) is 9.00. The minimum absolute atomic E-state index is 0.0248. The van der Waals surface area contributed by atoms with E-state index in [0.29, 0.717) is 5.69 Å². The van der Waals surface area contributed by atoms with E-state index in [1.54, 1.807) is 12.1 Å². The average Bonchev–Trinajstić information content (AvgIpc) is 2.62. The standard InChI is InChI=1S/C18H18ClN3O5/c1-12-3-5-13(6-4-12)20-17(23)10-21(2)18(24)11-27-16-8-7-14(22(25)26)9-15(16)19/h3-9H,10-11H2,1-2H3,(H,20,23). The molecule has 0 bridgehead atoms. The zero-order chi connectivity index (χ0) is 20.0. The Morgan fingerprint density at radius 1 is 1.22 bits per heavy atom. The molecule has 9 heteroatoms. The normalized spacial score (nSPS) is 10.2. The topological polar surface area (TPSA) is 102 Å². The lowest BCUT2D eigenvalue weighted by molar-refractivity contribution is -0.384. The van der Waals surface area contributed by atoms with Crippen molar-refractivity contribution < 1.29 is 19.2 Å². The Morgan fingerprint density at radius 2 is 1.89 bits per heavy atom. The first kappa shape index (κ1) is 20.2. The lowest BCUT2D eigenvalue weighted by Crippen LogP contribution is -2.37. The molecular weight excluding hydrogens is 374 g/mol. The molecule has 8 nitrogen and oxygen atoms in total. The number of hydrogen-bond acceptors (Lipinski definition) is 5. The number of nitrogens with zero attached hydrogens (tertiary/aromatic N) is 2. The maximum atomic E-state index is 12.1. The van der Waals surface area contributed by atoms with Crippen LogP contribution in [0.5, 0.6) is 5.75 Å². The summed E-state index contributed by atoms with van der Waals surface area (Å²) in [7, 11) is 1.47. The highest BCUT2D eigenvalue weighted by Gasteiger charge is 2.16. The summed E-state index contributed by atoms with van der Waals surface area (Å²) in [5, 5.41) is 13.4. The van der Waals surface area contributed by atoms with E-state index in [2.05, 4.69) is 5.32 Å². The highest BCUT2D eigenvalue weighted by atomic mass is 35.5. The van der Waals surface area contributed by atoms with Crippen LogP contribution in [0.15, 0.2) is 42.5 Å². The predicted molar refractivity (Wildman–Crippen MR) is 101 cm³/mol. The summed E-state index contributed by atoms with van der Waals surface area (Å²) in [6.07, 6.45) is 0. The molecule has 0 aliphatic heterocycles. The first-order valence-corrected chi connectivity index (χ1v) is 8.31. The van der Waals surface area contributed by atoms with E-state index in [-0.39, 0.29) is 35.5 Å². The number of amides is 2. The van der Waals surface area contributed by atoms with Gasteiger partial charge in [0.2, 0.25) is 5.91 Å². The Balaban J connectivity index is 1.85. The molecular formula is C18H18ClN3O5. The van der Waals surface area contributed by atoms with Gasteiger partial charge in [-0.05, 0) is 25.1 Å². The van der Waals surface area contributed by atoms with Crippen LogP contribution in [-0.2, 0) is 9.59 Å². The summed E-state index contributed by atoms with van der Waals surface area (Å²) < 4.78 is 5.29. The molecule has 0 aliphatic carbocycles. The second-order valence-corrected chi connectivity index (χ2v) is 6.23. The fraction of sp³-hybridized carbons (Fsp3) is 0.222. The molecule has 0 atom stereocenters. The molecule has 0 aromatic heterocycles. The van der Waals surface area contributed by atoms with Crippen molar-refractivity contribution in [2.45, 2.75) is 6.92 Å². The molecule has 2 amide bonds. The minimum Gasteiger partial charge on any atom is -0.482 e. The lowest BCUT2D eigenvalue weighted by atomic mass is 10.2. The van der Waals surface area contributed by atoms with Gasteiger partial charge in [-0.3, -0.25) is 19.7 Å². The maximum Gasteiger partial charge on any atom is 0.271 e. The van der Waals surface area contributed by atoms with Gasteiger partial charge in [0, 0.05) is 24.9 Å². The number of rotatable bonds is 7. The monoisotopic (exact) mass is 391 g/mol. The van der Waals surface area contributed by atoms with Crippen LogP contribution in [0.1, 0.15) is 5.56 Å². The Morgan fingerprint density at radius 3 is 2.48 bits per heavy atom. The van der Waals surface area contributed by atoms with Crippen LogP contribution in [0, 0.1) is 17.0 Å². The van der Waals surface area contributed by atoms with Crippen LogP contribution in [0.25, 0.3) is 0 Å². The summed E-state index contributed by atoms with van der Waals surface area (Å²) in [6.45, 7) is 1.44. The molecule has 2 aromatic rings. The molecule has 0 heterocycles. The number of ether oxygens (including phenoxy) is 1. The average molecular weight is 392 g/mol. The number of nitro groups is 1. The molecule has 0 radical (unpaired) electrons. The van der Waals surface area contributed by atoms with Gasteiger partial charge in [0.25, 0.3) is 11.6 Å². The van der Waals surface area contributed by atoms with Crippen LogP contribution in [0.4, 0.5) is 11.4 Å². The van der Waals surface area contributed by atoms with Gasteiger partial charge in [0.05, 0.1) is 16.5 Å². The zero-order valence-corrected chi connectivity index (χ0v) is 15.5. The van der Waals surface area contributed by atoms with E-state index >= 15 is 0 Å². The third-order valence-electron chi connectivity index (χ3n) is 3.62. The van der Waals surface area contributed by atoms with Gasteiger partial charge in [-0.15, -0.1) is 0 Å². The van der Waals surface area contributed by atoms with Crippen molar-refractivity contribution in [1.82, 2.24) is 4.90 Å². The van der Waals surface area contributed by atoms with Crippen LogP contribution in [-0.4, -0.2) is 41.8 Å². The zero-order valence-electron chi connectivity index (χ0n) is 14.8. The fourth-order valence-corrected chi connectivity index (χ4v) is 2.34. The smallest absolute Gasteiger partial charge is 0.271 e. The number of carbonyl (C=O) groups excluding carboxylic acids is 2. The van der Waals surface area contributed by atoms with Crippen molar-refractivity contribution in [3.63, 3.8) is 0 Å². The van der Waals surface area contributed by atoms with Crippen LogP contribution in [0.3, 0.4) is 0 Å². The van der Waals surface area contributed by atoms with Crippen LogP contribution >= 0.6 is 11.6 Å². The van der Waals surface area contributed by atoms with Gasteiger partial charge in [-0.2, -0.15) is 0 Å². The van der Waals surface area contributed by atoms with Crippen molar-refractivity contribution in [3.05, 3.63) is 63.2 Å². The molecule has 27 heavy (non-hydrogen) atoms. The number of likely N-dealkylation sites (N-methyl/N-ethyl adjacent to an activating group) is 1. The van der Waals surface area contributed by atoms with Crippen molar-refractivity contribution in [2.75, 3.05) is 25.5 Å². The Labute approximate surface area is 160 Å². The summed E-state index contributed by atoms with van der Waals surface area (Å²) in [5.74, 6) is -0.639. The highest BCUT2D eigenvalue weighted by Crippen LogP contribution is 2.28. The van der Waals surface area contributed by atoms with Gasteiger partial charge in [-0.25, -0.2) is 0 Å². The molecule has 0 saturated carbocycles. The van der Waals surface area contributed by atoms with Crippen molar-refractivity contribution in [2.24, 2.45) is 0 Å². The lowest BCUT2D eigenvalue weighted by Gasteiger charge is -2.17. The maximum absolute atomic E-state index is 12.1. The molecule has 0 fully saturated rings. The first-order valence-electron chi connectivity index (χ1n) is 7.93. The Bertz CT molecular complexity index is 855. The van der Waals surface area contributed by atoms with Crippen molar-refractivity contribution in [3.8, 4) is 5.75 Å². The van der Waals surface area contributed by atoms with Gasteiger partial charge in [0.15, 0.2) is 6.61 Å². The Kier molecular flexibility index (Phi) is 6.73. The Hall–Kier alpha value is -3.13. The van der Waals surface area contributed by atoms with Crippen LogP contribution in [0.2, 0.25) is 5.02 Å².